The predicted octanol–water partition coefficient (Wildman–Crippen LogP) is 0.910. The molecule has 4 N–H and O–H groups in total. The number of hydrazine groups is 1. The van der Waals surface area contributed by atoms with Gasteiger partial charge in [0.05, 0.1) is 0 Å². The fraction of sp³-hybridized carbons (Fsp3) is 0. The lowest BCUT2D eigenvalue weighted by Gasteiger charge is -1.92. The second-order valence-electron chi connectivity index (χ2n) is 2.86. The molecule has 1 amide bonds. The number of benzene rings is 1. The van der Waals surface area contributed by atoms with Crippen molar-refractivity contribution in [3.63, 3.8) is 0 Å². The van der Waals surface area contributed by atoms with Gasteiger partial charge in [-0.1, -0.05) is 6.07 Å². The lowest BCUT2D eigenvalue weighted by atomic mass is 10.2. The van der Waals surface area contributed by atoms with E-state index < -0.39 is 5.91 Å². The van der Waals surface area contributed by atoms with Gasteiger partial charge in [0.1, 0.15) is 11.5 Å². The number of hydrogen-bond donors (Lipinski definition) is 3. The Labute approximate surface area is 78.9 Å². The van der Waals surface area contributed by atoms with Crippen LogP contribution in [0, 0.1) is 5.82 Å². The number of hydrogen-bond acceptors (Lipinski definition) is 2. The number of amides is 1. The third-order valence-electron chi connectivity index (χ3n) is 1.99. The van der Waals surface area contributed by atoms with Crippen molar-refractivity contribution in [2.24, 2.45) is 5.84 Å². The molecule has 1 heterocycles. The number of nitrogens with one attached hydrogen (secondary N) is 2. The summed E-state index contributed by atoms with van der Waals surface area (Å²) < 4.78 is 13.2. The van der Waals surface area contributed by atoms with Crippen molar-refractivity contribution >= 4 is 16.8 Å². The minimum Gasteiger partial charge on any atom is -0.350 e. The molecule has 5 heteroatoms. The van der Waals surface area contributed by atoms with Crippen LogP contribution in [0.2, 0.25) is 0 Å². The zero-order chi connectivity index (χ0) is 10.1. The van der Waals surface area contributed by atoms with Gasteiger partial charge in [-0.25, -0.2) is 10.2 Å². The van der Waals surface area contributed by atoms with E-state index in [1.807, 2.05) is 5.43 Å². The highest BCUT2D eigenvalue weighted by Crippen LogP contribution is 2.18. The molecule has 0 saturated carbocycles. The normalized spacial score (nSPS) is 10.4. The molecule has 0 bridgehead atoms. The molecule has 0 fully saturated rings. The summed E-state index contributed by atoms with van der Waals surface area (Å²) >= 11 is 0. The third kappa shape index (κ3) is 1.23. The van der Waals surface area contributed by atoms with Crippen LogP contribution in [0.5, 0.6) is 0 Å². The summed E-state index contributed by atoms with van der Waals surface area (Å²) in [7, 11) is 0. The zero-order valence-corrected chi connectivity index (χ0v) is 7.17. The lowest BCUT2D eigenvalue weighted by molar-refractivity contribution is 0.0949. The van der Waals surface area contributed by atoms with Crippen molar-refractivity contribution in [1.29, 1.82) is 0 Å². The van der Waals surface area contributed by atoms with Crippen LogP contribution >= 0.6 is 0 Å². The standard InChI is InChI=1S/C9H8FN3O/c10-6-2-1-3-7-5(6)4-8(12-7)9(14)13-11/h1-4,12H,11H2,(H,13,14). The average Bonchev–Trinajstić information content (AvgIpc) is 2.62. The van der Waals surface area contributed by atoms with Crippen molar-refractivity contribution < 1.29 is 9.18 Å². The molecule has 0 saturated heterocycles. The van der Waals surface area contributed by atoms with E-state index in [0.717, 1.165) is 0 Å². The van der Waals surface area contributed by atoms with Crippen LogP contribution < -0.4 is 11.3 Å². The number of nitrogens with two attached hydrogens (primary N) is 1. The first-order chi connectivity index (χ1) is 6.72. The van der Waals surface area contributed by atoms with Crippen LogP contribution in [0.4, 0.5) is 4.39 Å². The fourth-order valence-corrected chi connectivity index (χ4v) is 1.32. The Balaban J connectivity index is 2.62. The molecular weight excluding hydrogens is 185 g/mol. The number of nitrogen functional groups attached to an aromatic ring is 1. The molecule has 0 aliphatic rings. The maximum absolute atomic E-state index is 13.2. The zero-order valence-electron chi connectivity index (χ0n) is 7.17. The minimum absolute atomic E-state index is 0.243. The summed E-state index contributed by atoms with van der Waals surface area (Å²) in [5.74, 6) is 4.11. The van der Waals surface area contributed by atoms with E-state index in [9.17, 15) is 9.18 Å². The molecule has 1 aromatic carbocycles. The molecule has 0 aliphatic heterocycles. The monoisotopic (exact) mass is 193 g/mol. The molecular formula is C9H8FN3O. The number of rotatable bonds is 1. The van der Waals surface area contributed by atoms with Gasteiger partial charge in [-0.15, -0.1) is 0 Å². The van der Waals surface area contributed by atoms with Crippen molar-refractivity contribution in [2.45, 2.75) is 0 Å². The summed E-state index contributed by atoms with van der Waals surface area (Å²) in [6, 6.07) is 6.01. The topological polar surface area (TPSA) is 70.9 Å². The van der Waals surface area contributed by atoms with E-state index in [1.165, 1.54) is 12.1 Å². The van der Waals surface area contributed by atoms with Crippen molar-refractivity contribution in [1.82, 2.24) is 10.4 Å². The van der Waals surface area contributed by atoms with Gasteiger partial charge in [-0.2, -0.15) is 0 Å². The average molecular weight is 193 g/mol. The highest BCUT2D eigenvalue weighted by Gasteiger charge is 2.09. The first-order valence-corrected chi connectivity index (χ1v) is 4.00. The number of aromatic amines is 1. The molecule has 0 spiro atoms. The van der Waals surface area contributed by atoms with E-state index in [1.54, 1.807) is 12.1 Å². The Kier molecular flexibility index (Phi) is 1.94. The van der Waals surface area contributed by atoms with E-state index in [2.05, 4.69) is 4.98 Å². The molecule has 72 valence electrons. The van der Waals surface area contributed by atoms with E-state index in [-0.39, 0.29) is 11.5 Å². The number of fused-ring (bicyclic) bond motifs is 1. The maximum atomic E-state index is 13.2. The van der Waals surface area contributed by atoms with Gasteiger partial charge >= 0.3 is 0 Å². The molecule has 14 heavy (non-hydrogen) atoms. The Morgan fingerprint density at radius 3 is 2.93 bits per heavy atom. The molecule has 1 aromatic heterocycles. The van der Waals surface area contributed by atoms with Crippen LogP contribution in [-0.2, 0) is 0 Å². The molecule has 0 radical (unpaired) electrons. The van der Waals surface area contributed by atoms with E-state index in [4.69, 9.17) is 5.84 Å². The fourth-order valence-electron chi connectivity index (χ4n) is 1.32. The molecule has 2 rings (SSSR count). The maximum Gasteiger partial charge on any atom is 0.281 e. The van der Waals surface area contributed by atoms with Gasteiger partial charge in [0.15, 0.2) is 0 Å². The van der Waals surface area contributed by atoms with Crippen LogP contribution in [0.25, 0.3) is 10.9 Å². The molecule has 4 nitrogen and oxygen atoms in total. The van der Waals surface area contributed by atoms with Crippen LogP contribution in [0.15, 0.2) is 24.3 Å². The smallest absolute Gasteiger partial charge is 0.281 e. The predicted molar refractivity (Wildman–Crippen MR) is 49.9 cm³/mol. The number of H-pyrrole nitrogens is 1. The Hall–Kier alpha value is -1.88. The quantitative estimate of drug-likeness (QED) is 0.358. The van der Waals surface area contributed by atoms with Gasteiger partial charge < -0.3 is 4.98 Å². The highest BCUT2D eigenvalue weighted by atomic mass is 19.1. The summed E-state index contributed by atoms with van der Waals surface area (Å²) in [4.78, 5) is 13.9. The second-order valence-corrected chi connectivity index (χ2v) is 2.86. The number of carbonyl (C=O) groups is 1. The van der Waals surface area contributed by atoms with Crippen molar-refractivity contribution in [2.75, 3.05) is 0 Å². The Morgan fingerprint density at radius 1 is 1.50 bits per heavy atom. The first-order valence-electron chi connectivity index (χ1n) is 4.00. The molecule has 0 atom stereocenters. The largest absolute Gasteiger partial charge is 0.350 e. The van der Waals surface area contributed by atoms with Gasteiger partial charge in [-0.3, -0.25) is 10.2 Å². The number of aromatic nitrogens is 1. The third-order valence-corrected chi connectivity index (χ3v) is 1.99. The summed E-state index contributed by atoms with van der Waals surface area (Å²) in [6.45, 7) is 0. The SMILES string of the molecule is NNC(=O)c1cc2c(F)cccc2[nH]1. The summed E-state index contributed by atoms with van der Waals surface area (Å²) in [6.07, 6.45) is 0. The molecule has 0 aliphatic carbocycles. The summed E-state index contributed by atoms with van der Waals surface area (Å²) in [5.41, 5.74) is 2.78. The van der Waals surface area contributed by atoms with Crippen LogP contribution in [0.3, 0.4) is 0 Å². The van der Waals surface area contributed by atoms with E-state index in [0.29, 0.717) is 10.9 Å². The van der Waals surface area contributed by atoms with E-state index >= 15 is 0 Å². The highest BCUT2D eigenvalue weighted by molar-refractivity contribution is 5.97. The molecule has 2 aromatic rings. The van der Waals surface area contributed by atoms with Gasteiger partial charge in [-0.05, 0) is 18.2 Å². The first kappa shape index (κ1) is 8.71. The number of halogens is 1. The van der Waals surface area contributed by atoms with Crippen LogP contribution in [-0.4, -0.2) is 10.9 Å². The second kappa shape index (κ2) is 3.12. The van der Waals surface area contributed by atoms with Gasteiger partial charge in [0.2, 0.25) is 0 Å². The molecule has 0 unspecified atom stereocenters. The van der Waals surface area contributed by atoms with Crippen molar-refractivity contribution in [3.05, 3.63) is 35.8 Å². The lowest BCUT2D eigenvalue weighted by Crippen LogP contribution is -2.30. The van der Waals surface area contributed by atoms with Gasteiger partial charge in [0, 0.05) is 10.9 Å². The minimum atomic E-state index is -0.472. The summed E-state index contributed by atoms with van der Waals surface area (Å²) in [5, 5.41) is 0.381. The number of carbonyl (C=O) groups excluding carboxylic acids is 1. The Morgan fingerprint density at radius 2 is 2.29 bits per heavy atom. The van der Waals surface area contributed by atoms with Crippen LogP contribution in [0.1, 0.15) is 10.5 Å². The van der Waals surface area contributed by atoms with Gasteiger partial charge in [0.25, 0.3) is 5.91 Å². The Bertz CT molecular complexity index is 492. The van der Waals surface area contributed by atoms with Crippen molar-refractivity contribution in [3.8, 4) is 0 Å².